The molecule has 0 saturated heterocycles. The molecule has 0 fully saturated rings. The van der Waals surface area contributed by atoms with Gasteiger partial charge in [0.15, 0.2) is 0 Å². The standard InChI is InChI=1S/C19H24O/c1-13(2)11-16-7-9-17(10-8-16)19(20)18-12-14(3)5-6-15(18)4/h5-10,12-13,19-20H,11H2,1-4H3. The van der Waals surface area contributed by atoms with Crippen LogP contribution in [0.3, 0.4) is 0 Å². The Morgan fingerprint density at radius 3 is 2.20 bits per heavy atom. The Labute approximate surface area is 122 Å². The fourth-order valence-corrected chi connectivity index (χ4v) is 2.54. The molecule has 1 atom stereocenters. The van der Waals surface area contributed by atoms with Gasteiger partial charge in [0, 0.05) is 0 Å². The van der Waals surface area contributed by atoms with Crippen LogP contribution in [-0.2, 0) is 6.42 Å². The maximum Gasteiger partial charge on any atom is 0.104 e. The van der Waals surface area contributed by atoms with Gasteiger partial charge in [-0.1, -0.05) is 61.9 Å². The second-order valence-corrected chi connectivity index (χ2v) is 6.10. The van der Waals surface area contributed by atoms with Crippen molar-refractivity contribution in [3.63, 3.8) is 0 Å². The third kappa shape index (κ3) is 3.49. The van der Waals surface area contributed by atoms with Crippen molar-refractivity contribution in [2.45, 2.75) is 40.2 Å². The Balaban J connectivity index is 2.24. The lowest BCUT2D eigenvalue weighted by Gasteiger charge is -2.16. The summed E-state index contributed by atoms with van der Waals surface area (Å²) >= 11 is 0. The van der Waals surface area contributed by atoms with Gasteiger partial charge >= 0.3 is 0 Å². The van der Waals surface area contributed by atoms with E-state index in [1.165, 1.54) is 11.1 Å². The maximum absolute atomic E-state index is 10.6. The maximum atomic E-state index is 10.6. The molecule has 0 bridgehead atoms. The number of benzene rings is 2. The molecular weight excluding hydrogens is 244 g/mol. The molecule has 106 valence electrons. The molecule has 0 radical (unpaired) electrons. The van der Waals surface area contributed by atoms with E-state index in [4.69, 9.17) is 0 Å². The molecule has 0 saturated carbocycles. The zero-order valence-corrected chi connectivity index (χ0v) is 12.9. The molecule has 0 amide bonds. The normalized spacial score (nSPS) is 12.7. The van der Waals surface area contributed by atoms with E-state index in [-0.39, 0.29) is 0 Å². The van der Waals surface area contributed by atoms with E-state index in [0.717, 1.165) is 23.1 Å². The van der Waals surface area contributed by atoms with Crippen LogP contribution in [0, 0.1) is 19.8 Å². The van der Waals surface area contributed by atoms with Crippen molar-refractivity contribution < 1.29 is 5.11 Å². The first kappa shape index (κ1) is 14.8. The Kier molecular flexibility index (Phi) is 4.61. The van der Waals surface area contributed by atoms with Crippen LogP contribution in [0.5, 0.6) is 0 Å². The van der Waals surface area contributed by atoms with Crippen LogP contribution in [0.4, 0.5) is 0 Å². The molecule has 0 heterocycles. The van der Waals surface area contributed by atoms with Crippen LogP contribution in [0.25, 0.3) is 0 Å². The molecular formula is C19H24O. The first-order valence-electron chi connectivity index (χ1n) is 7.31. The molecule has 1 N–H and O–H groups in total. The average molecular weight is 268 g/mol. The Morgan fingerprint density at radius 2 is 1.60 bits per heavy atom. The van der Waals surface area contributed by atoms with Gasteiger partial charge in [0.1, 0.15) is 6.10 Å². The Hall–Kier alpha value is -1.60. The lowest BCUT2D eigenvalue weighted by atomic mass is 9.94. The number of rotatable bonds is 4. The molecule has 20 heavy (non-hydrogen) atoms. The van der Waals surface area contributed by atoms with Crippen LogP contribution in [0.2, 0.25) is 0 Å². The second kappa shape index (κ2) is 6.23. The van der Waals surface area contributed by atoms with Gasteiger partial charge in [-0.25, -0.2) is 0 Å². The topological polar surface area (TPSA) is 20.2 Å². The highest BCUT2D eigenvalue weighted by atomic mass is 16.3. The molecule has 1 heteroatoms. The van der Waals surface area contributed by atoms with Gasteiger partial charge in [0.05, 0.1) is 0 Å². The molecule has 0 spiro atoms. The molecule has 2 aromatic carbocycles. The largest absolute Gasteiger partial charge is 0.384 e. The zero-order valence-electron chi connectivity index (χ0n) is 12.9. The van der Waals surface area contributed by atoms with E-state index in [0.29, 0.717) is 5.92 Å². The summed E-state index contributed by atoms with van der Waals surface area (Å²) in [6, 6.07) is 14.6. The predicted octanol–water partition coefficient (Wildman–Crippen LogP) is 4.58. The number of aliphatic hydroxyl groups excluding tert-OH is 1. The third-order valence-electron chi connectivity index (χ3n) is 3.67. The molecule has 1 unspecified atom stereocenters. The molecule has 0 aliphatic carbocycles. The number of hydrogen-bond acceptors (Lipinski definition) is 1. The highest BCUT2D eigenvalue weighted by Gasteiger charge is 2.13. The summed E-state index contributed by atoms with van der Waals surface area (Å²) in [7, 11) is 0. The summed E-state index contributed by atoms with van der Waals surface area (Å²) in [5, 5.41) is 10.6. The Morgan fingerprint density at radius 1 is 0.950 bits per heavy atom. The van der Waals surface area contributed by atoms with Crippen LogP contribution in [0.1, 0.15) is 47.8 Å². The quantitative estimate of drug-likeness (QED) is 0.860. The summed E-state index contributed by atoms with van der Waals surface area (Å²) in [4.78, 5) is 0. The van der Waals surface area contributed by atoms with E-state index in [1.807, 2.05) is 19.1 Å². The van der Waals surface area contributed by atoms with Crippen LogP contribution in [0.15, 0.2) is 42.5 Å². The van der Waals surface area contributed by atoms with Crippen molar-refractivity contribution in [1.82, 2.24) is 0 Å². The summed E-state index contributed by atoms with van der Waals surface area (Å²) < 4.78 is 0. The second-order valence-electron chi connectivity index (χ2n) is 6.10. The number of aliphatic hydroxyl groups is 1. The van der Waals surface area contributed by atoms with Crippen molar-refractivity contribution >= 4 is 0 Å². The van der Waals surface area contributed by atoms with Crippen molar-refractivity contribution in [2.75, 3.05) is 0 Å². The molecule has 2 rings (SSSR count). The molecule has 2 aromatic rings. The van der Waals surface area contributed by atoms with Crippen LogP contribution < -0.4 is 0 Å². The Bertz CT molecular complexity index is 567. The van der Waals surface area contributed by atoms with Gasteiger partial charge < -0.3 is 5.11 Å². The van der Waals surface area contributed by atoms with Gasteiger partial charge in [-0.2, -0.15) is 0 Å². The summed E-state index contributed by atoms with van der Waals surface area (Å²) in [6.07, 6.45) is 0.544. The van der Waals surface area contributed by atoms with E-state index in [9.17, 15) is 5.11 Å². The fraction of sp³-hybridized carbons (Fsp3) is 0.368. The highest BCUT2D eigenvalue weighted by molar-refractivity contribution is 5.38. The highest BCUT2D eigenvalue weighted by Crippen LogP contribution is 2.26. The van der Waals surface area contributed by atoms with Crippen molar-refractivity contribution in [2.24, 2.45) is 5.92 Å². The number of aryl methyl sites for hydroxylation is 2. The van der Waals surface area contributed by atoms with Crippen molar-refractivity contribution in [3.8, 4) is 0 Å². The zero-order chi connectivity index (χ0) is 14.7. The lowest BCUT2D eigenvalue weighted by Crippen LogP contribution is -2.03. The van der Waals surface area contributed by atoms with E-state index >= 15 is 0 Å². The minimum atomic E-state index is -0.539. The SMILES string of the molecule is Cc1ccc(C)c(C(O)c2ccc(CC(C)C)cc2)c1. The van der Waals surface area contributed by atoms with Gasteiger partial charge in [0.2, 0.25) is 0 Å². The predicted molar refractivity (Wildman–Crippen MR) is 85.0 cm³/mol. The minimum Gasteiger partial charge on any atom is -0.384 e. The van der Waals surface area contributed by atoms with Gasteiger partial charge in [-0.3, -0.25) is 0 Å². The number of hydrogen-bond donors (Lipinski definition) is 1. The molecule has 0 aromatic heterocycles. The molecule has 1 nitrogen and oxygen atoms in total. The fourth-order valence-electron chi connectivity index (χ4n) is 2.54. The van der Waals surface area contributed by atoms with Crippen LogP contribution >= 0.6 is 0 Å². The minimum absolute atomic E-state index is 0.539. The van der Waals surface area contributed by atoms with Crippen molar-refractivity contribution in [3.05, 3.63) is 70.3 Å². The monoisotopic (exact) mass is 268 g/mol. The third-order valence-corrected chi connectivity index (χ3v) is 3.67. The molecule has 0 aliphatic rings. The first-order chi connectivity index (χ1) is 9.47. The van der Waals surface area contributed by atoms with E-state index in [2.05, 4.69) is 51.1 Å². The smallest absolute Gasteiger partial charge is 0.104 e. The lowest BCUT2D eigenvalue weighted by molar-refractivity contribution is 0.219. The van der Waals surface area contributed by atoms with E-state index < -0.39 is 6.10 Å². The first-order valence-corrected chi connectivity index (χ1v) is 7.31. The average Bonchev–Trinajstić information content (AvgIpc) is 2.41. The van der Waals surface area contributed by atoms with Crippen molar-refractivity contribution in [1.29, 1.82) is 0 Å². The van der Waals surface area contributed by atoms with Crippen LogP contribution in [-0.4, -0.2) is 5.11 Å². The molecule has 0 aliphatic heterocycles. The summed E-state index contributed by atoms with van der Waals surface area (Å²) in [5.41, 5.74) is 5.61. The summed E-state index contributed by atoms with van der Waals surface area (Å²) in [6.45, 7) is 8.55. The van der Waals surface area contributed by atoms with Gasteiger partial charge in [-0.05, 0) is 48.4 Å². The summed E-state index contributed by atoms with van der Waals surface area (Å²) in [5.74, 6) is 0.657. The van der Waals surface area contributed by atoms with E-state index in [1.54, 1.807) is 0 Å². The van der Waals surface area contributed by atoms with Gasteiger partial charge in [-0.15, -0.1) is 0 Å². The van der Waals surface area contributed by atoms with Gasteiger partial charge in [0.25, 0.3) is 0 Å².